The summed E-state index contributed by atoms with van der Waals surface area (Å²) >= 11 is 0. The third kappa shape index (κ3) is 1.72. The second-order valence-electron chi connectivity index (χ2n) is 5.29. The molecule has 3 nitrogen and oxygen atoms in total. The Hall–Kier alpha value is -1.12. The smallest absolute Gasteiger partial charge is 0.320 e. The minimum atomic E-state index is -0.848. The van der Waals surface area contributed by atoms with Gasteiger partial charge >= 0.3 is 5.97 Å². The van der Waals surface area contributed by atoms with Gasteiger partial charge in [-0.3, -0.25) is 9.59 Å². The van der Waals surface area contributed by atoms with Crippen LogP contribution in [0.3, 0.4) is 0 Å². The Labute approximate surface area is 102 Å². The van der Waals surface area contributed by atoms with Gasteiger partial charge in [-0.05, 0) is 46.0 Å². The van der Waals surface area contributed by atoms with Crippen LogP contribution < -0.4 is 0 Å². The van der Waals surface area contributed by atoms with Crippen LogP contribution in [0.25, 0.3) is 0 Å². The topological polar surface area (TPSA) is 43.4 Å². The summed E-state index contributed by atoms with van der Waals surface area (Å²) in [5.41, 5.74) is 1.67. The molecule has 2 atom stereocenters. The zero-order valence-corrected chi connectivity index (χ0v) is 10.8. The second-order valence-corrected chi connectivity index (χ2v) is 5.29. The molecule has 0 spiro atoms. The number of hydrogen-bond acceptors (Lipinski definition) is 3. The van der Waals surface area contributed by atoms with Crippen molar-refractivity contribution in [2.45, 2.75) is 46.5 Å². The number of rotatable bonds is 2. The molecule has 0 bridgehead atoms. The van der Waals surface area contributed by atoms with Gasteiger partial charge in [-0.15, -0.1) is 0 Å². The SMILES string of the molecule is CCOC(=O)C12CC(C)=C(C)CC1CCC2=O. The monoisotopic (exact) mass is 236 g/mol. The van der Waals surface area contributed by atoms with E-state index in [0.717, 1.165) is 12.8 Å². The van der Waals surface area contributed by atoms with E-state index >= 15 is 0 Å². The number of carbonyl (C=O) groups excluding carboxylic acids is 2. The van der Waals surface area contributed by atoms with E-state index in [1.165, 1.54) is 11.1 Å². The molecule has 1 saturated carbocycles. The molecule has 0 amide bonds. The van der Waals surface area contributed by atoms with Gasteiger partial charge in [-0.2, -0.15) is 0 Å². The van der Waals surface area contributed by atoms with Gasteiger partial charge < -0.3 is 4.74 Å². The first kappa shape index (κ1) is 12.3. The molecule has 2 rings (SSSR count). The fourth-order valence-electron chi connectivity index (χ4n) is 3.25. The lowest BCUT2D eigenvalue weighted by Crippen LogP contribution is -2.44. The van der Waals surface area contributed by atoms with E-state index in [1.807, 2.05) is 6.92 Å². The number of fused-ring (bicyclic) bond motifs is 1. The van der Waals surface area contributed by atoms with Gasteiger partial charge in [0.05, 0.1) is 6.61 Å². The number of ketones is 1. The molecule has 94 valence electrons. The first-order chi connectivity index (χ1) is 8.02. The molecule has 0 radical (unpaired) electrons. The summed E-state index contributed by atoms with van der Waals surface area (Å²) < 4.78 is 5.16. The van der Waals surface area contributed by atoms with Crippen molar-refractivity contribution in [2.75, 3.05) is 6.61 Å². The summed E-state index contributed by atoms with van der Waals surface area (Å²) in [5, 5.41) is 0. The van der Waals surface area contributed by atoms with E-state index in [0.29, 0.717) is 19.4 Å². The third-order valence-corrected chi connectivity index (χ3v) is 4.38. The average Bonchev–Trinajstić information content (AvgIpc) is 2.59. The minimum Gasteiger partial charge on any atom is -0.465 e. The highest BCUT2D eigenvalue weighted by Crippen LogP contribution is 2.52. The third-order valence-electron chi connectivity index (χ3n) is 4.38. The Balaban J connectivity index is 2.39. The molecule has 0 heterocycles. The molecule has 1 fully saturated rings. The van der Waals surface area contributed by atoms with Crippen molar-refractivity contribution in [1.82, 2.24) is 0 Å². The highest BCUT2D eigenvalue weighted by atomic mass is 16.5. The molecule has 0 N–H and O–H groups in total. The van der Waals surface area contributed by atoms with Crippen molar-refractivity contribution >= 4 is 11.8 Å². The second kappa shape index (κ2) is 4.28. The maximum absolute atomic E-state index is 12.2. The first-order valence-electron chi connectivity index (χ1n) is 6.38. The van der Waals surface area contributed by atoms with E-state index < -0.39 is 5.41 Å². The van der Waals surface area contributed by atoms with Crippen LogP contribution in [0, 0.1) is 11.3 Å². The minimum absolute atomic E-state index is 0.0906. The van der Waals surface area contributed by atoms with E-state index in [2.05, 4.69) is 6.92 Å². The Morgan fingerprint density at radius 1 is 1.41 bits per heavy atom. The Bertz CT molecular complexity index is 394. The van der Waals surface area contributed by atoms with Gasteiger partial charge in [0.25, 0.3) is 0 Å². The number of esters is 1. The molecule has 2 aliphatic rings. The van der Waals surface area contributed by atoms with Crippen molar-refractivity contribution in [2.24, 2.45) is 11.3 Å². The summed E-state index contributed by atoms with van der Waals surface area (Å²) in [6.07, 6.45) is 2.81. The normalized spacial score (nSPS) is 32.6. The van der Waals surface area contributed by atoms with Crippen molar-refractivity contribution in [3.8, 4) is 0 Å². The van der Waals surface area contributed by atoms with Crippen LogP contribution in [0.5, 0.6) is 0 Å². The lowest BCUT2D eigenvalue weighted by atomic mass is 9.66. The van der Waals surface area contributed by atoms with Crippen molar-refractivity contribution < 1.29 is 14.3 Å². The quantitative estimate of drug-likeness (QED) is 0.420. The van der Waals surface area contributed by atoms with Crippen LogP contribution in [0.15, 0.2) is 11.1 Å². The van der Waals surface area contributed by atoms with Crippen LogP contribution in [-0.2, 0) is 14.3 Å². The van der Waals surface area contributed by atoms with Gasteiger partial charge in [0, 0.05) is 6.42 Å². The molecule has 0 aromatic heterocycles. The predicted octanol–water partition coefficient (Wildman–Crippen LogP) is 2.65. The molecular formula is C14H20O3. The molecular weight excluding hydrogens is 216 g/mol. The van der Waals surface area contributed by atoms with Gasteiger partial charge in [0.2, 0.25) is 0 Å². The summed E-state index contributed by atoms with van der Waals surface area (Å²) in [6, 6.07) is 0. The summed E-state index contributed by atoms with van der Waals surface area (Å²) in [7, 11) is 0. The number of allylic oxidation sites excluding steroid dienone is 2. The maximum Gasteiger partial charge on any atom is 0.320 e. The van der Waals surface area contributed by atoms with Crippen LogP contribution >= 0.6 is 0 Å². The zero-order chi connectivity index (χ0) is 12.6. The lowest BCUT2D eigenvalue weighted by Gasteiger charge is -2.36. The van der Waals surface area contributed by atoms with E-state index in [1.54, 1.807) is 6.92 Å². The van der Waals surface area contributed by atoms with Crippen molar-refractivity contribution in [3.63, 3.8) is 0 Å². The summed E-state index contributed by atoms with van der Waals surface area (Å²) in [5.74, 6) is -0.0371. The van der Waals surface area contributed by atoms with E-state index in [9.17, 15) is 9.59 Å². The van der Waals surface area contributed by atoms with Gasteiger partial charge in [0.15, 0.2) is 5.78 Å². The van der Waals surface area contributed by atoms with Crippen molar-refractivity contribution in [1.29, 1.82) is 0 Å². The van der Waals surface area contributed by atoms with Gasteiger partial charge in [-0.1, -0.05) is 11.1 Å². The fourth-order valence-corrected chi connectivity index (χ4v) is 3.25. The van der Waals surface area contributed by atoms with E-state index in [4.69, 9.17) is 4.74 Å². The van der Waals surface area contributed by atoms with Crippen LogP contribution in [0.4, 0.5) is 0 Å². The zero-order valence-electron chi connectivity index (χ0n) is 10.8. The number of hydrogen-bond donors (Lipinski definition) is 0. The Morgan fingerprint density at radius 2 is 2.12 bits per heavy atom. The van der Waals surface area contributed by atoms with Crippen molar-refractivity contribution in [3.05, 3.63) is 11.1 Å². The standard InChI is InChI=1S/C14H20O3/c1-4-17-13(16)14-8-10(3)9(2)7-11(14)5-6-12(14)15/h11H,4-8H2,1-3H3. The summed E-state index contributed by atoms with van der Waals surface area (Å²) in [4.78, 5) is 24.4. The largest absolute Gasteiger partial charge is 0.465 e. The molecule has 17 heavy (non-hydrogen) atoms. The molecule has 2 unspecified atom stereocenters. The van der Waals surface area contributed by atoms with Gasteiger partial charge in [0.1, 0.15) is 5.41 Å². The maximum atomic E-state index is 12.2. The number of Topliss-reactive ketones (excluding diaryl/α,β-unsaturated/α-hetero) is 1. The molecule has 0 aliphatic heterocycles. The molecule has 2 aliphatic carbocycles. The molecule has 0 aromatic carbocycles. The highest BCUT2D eigenvalue weighted by Gasteiger charge is 2.57. The highest BCUT2D eigenvalue weighted by molar-refractivity contribution is 6.06. The fraction of sp³-hybridized carbons (Fsp3) is 0.714. The lowest BCUT2D eigenvalue weighted by molar-refractivity contribution is -0.161. The first-order valence-corrected chi connectivity index (χ1v) is 6.38. The predicted molar refractivity (Wildman–Crippen MR) is 64.4 cm³/mol. The average molecular weight is 236 g/mol. The number of ether oxygens (including phenoxy) is 1. The van der Waals surface area contributed by atoms with E-state index in [-0.39, 0.29) is 17.7 Å². The Morgan fingerprint density at radius 3 is 2.76 bits per heavy atom. The summed E-state index contributed by atoms with van der Waals surface area (Å²) in [6.45, 7) is 6.27. The molecule has 0 aromatic rings. The van der Waals surface area contributed by atoms with Crippen LogP contribution in [-0.4, -0.2) is 18.4 Å². The molecule has 0 saturated heterocycles. The number of carbonyl (C=O) groups is 2. The van der Waals surface area contributed by atoms with Gasteiger partial charge in [-0.25, -0.2) is 0 Å². The Kier molecular flexibility index (Phi) is 3.11. The van der Waals surface area contributed by atoms with Crippen LogP contribution in [0.2, 0.25) is 0 Å². The molecule has 3 heteroatoms. The van der Waals surface area contributed by atoms with Crippen LogP contribution in [0.1, 0.15) is 46.5 Å².